The van der Waals surface area contributed by atoms with Gasteiger partial charge in [0.15, 0.2) is 11.5 Å². The maximum atomic E-state index is 12.4. The van der Waals surface area contributed by atoms with E-state index < -0.39 is 16.9 Å². The Labute approximate surface area is 179 Å². The maximum absolute atomic E-state index is 12.4. The van der Waals surface area contributed by atoms with Crippen LogP contribution in [0.15, 0.2) is 36.4 Å². The second kappa shape index (κ2) is 9.98. The molecular weight excluding hydrogens is 406 g/mol. The molecule has 3 rings (SSSR count). The minimum atomic E-state index is -1.02. The lowest BCUT2D eigenvalue weighted by molar-refractivity contribution is -0.384. The average molecular weight is 431 g/mol. The number of hydrogen-bond donors (Lipinski definition) is 3. The van der Waals surface area contributed by atoms with E-state index in [9.17, 15) is 20.0 Å². The smallest absolute Gasteiger partial charge is 0.293 e. The highest BCUT2D eigenvalue weighted by molar-refractivity contribution is 5.95. The number of rotatable bonds is 11. The molecule has 166 valence electrons. The Bertz CT molecular complexity index is 924. The largest absolute Gasteiger partial charge is 0.493 e. The number of hydrogen-bond acceptors (Lipinski definition) is 8. The van der Waals surface area contributed by atoms with Crippen LogP contribution < -0.4 is 24.8 Å². The van der Waals surface area contributed by atoms with E-state index in [1.807, 2.05) is 0 Å². The standard InChI is InChI=1S/C21H25N3O7/c1-29-18-4-3-5-19(30-2)20(18)31-12-15(25)11-22-21(26)13-6-9-16(23-14-7-8-14)17(10-13)24(27)28/h3-6,9-10,14-15,23,25H,7-8,11-12H2,1-2H3,(H,22,26). The number of ether oxygens (including phenoxy) is 3. The molecule has 1 aliphatic carbocycles. The topological polar surface area (TPSA) is 132 Å². The van der Waals surface area contributed by atoms with Crippen molar-refractivity contribution in [1.29, 1.82) is 0 Å². The van der Waals surface area contributed by atoms with Gasteiger partial charge in [-0.2, -0.15) is 0 Å². The molecule has 1 amide bonds. The van der Waals surface area contributed by atoms with E-state index in [2.05, 4.69) is 10.6 Å². The number of anilines is 1. The lowest BCUT2D eigenvalue weighted by Crippen LogP contribution is -2.35. The summed E-state index contributed by atoms with van der Waals surface area (Å²) in [5.74, 6) is 0.702. The molecule has 1 aliphatic rings. The quantitative estimate of drug-likeness (QED) is 0.365. The van der Waals surface area contributed by atoms with Crippen molar-refractivity contribution in [2.45, 2.75) is 25.0 Å². The average Bonchev–Trinajstić information content (AvgIpc) is 3.59. The second-order valence-electron chi connectivity index (χ2n) is 7.07. The van der Waals surface area contributed by atoms with E-state index in [1.54, 1.807) is 18.2 Å². The molecule has 3 N–H and O–H groups in total. The summed E-state index contributed by atoms with van der Waals surface area (Å²) in [6, 6.07) is 9.64. The lowest BCUT2D eigenvalue weighted by atomic mass is 10.1. The maximum Gasteiger partial charge on any atom is 0.293 e. The molecule has 0 bridgehead atoms. The molecule has 0 aromatic heterocycles. The molecule has 2 aromatic rings. The van der Waals surface area contributed by atoms with E-state index in [4.69, 9.17) is 14.2 Å². The van der Waals surface area contributed by atoms with Gasteiger partial charge in [-0.3, -0.25) is 14.9 Å². The first-order chi connectivity index (χ1) is 14.9. The van der Waals surface area contributed by atoms with Gasteiger partial charge in [-0.1, -0.05) is 6.07 Å². The van der Waals surface area contributed by atoms with Crippen molar-refractivity contribution >= 4 is 17.3 Å². The van der Waals surface area contributed by atoms with Gasteiger partial charge in [-0.25, -0.2) is 0 Å². The Morgan fingerprint density at radius 3 is 2.48 bits per heavy atom. The zero-order valence-electron chi connectivity index (χ0n) is 17.3. The molecule has 0 aliphatic heterocycles. The summed E-state index contributed by atoms with van der Waals surface area (Å²) in [6.45, 7) is -0.229. The SMILES string of the molecule is COc1cccc(OC)c1OCC(O)CNC(=O)c1ccc(NC2CC2)c([N+](=O)[O-])c1. The van der Waals surface area contributed by atoms with Crippen LogP contribution in [0.1, 0.15) is 23.2 Å². The number of carbonyl (C=O) groups is 1. The third kappa shape index (κ3) is 5.76. The predicted octanol–water partition coefficient (Wildman–Crippen LogP) is 2.36. The summed E-state index contributed by atoms with van der Waals surface area (Å²) >= 11 is 0. The highest BCUT2D eigenvalue weighted by Crippen LogP contribution is 2.36. The number of para-hydroxylation sites is 1. The minimum Gasteiger partial charge on any atom is -0.493 e. The van der Waals surface area contributed by atoms with E-state index >= 15 is 0 Å². The number of carbonyl (C=O) groups excluding carboxylic acids is 1. The Kier molecular flexibility index (Phi) is 7.14. The molecule has 1 saturated carbocycles. The fourth-order valence-corrected chi connectivity index (χ4v) is 2.90. The first kappa shape index (κ1) is 22.2. The normalized spacial score (nSPS) is 13.8. The molecule has 31 heavy (non-hydrogen) atoms. The Hall–Kier alpha value is -3.53. The molecule has 0 heterocycles. The number of nitrogens with one attached hydrogen (secondary N) is 2. The highest BCUT2D eigenvalue weighted by Gasteiger charge is 2.25. The molecule has 0 radical (unpaired) electrons. The first-order valence-electron chi connectivity index (χ1n) is 9.78. The van der Waals surface area contributed by atoms with Gasteiger partial charge in [0.25, 0.3) is 11.6 Å². The second-order valence-corrected chi connectivity index (χ2v) is 7.07. The Morgan fingerprint density at radius 2 is 1.90 bits per heavy atom. The van der Waals surface area contributed by atoms with Crippen LogP contribution in [0.5, 0.6) is 17.2 Å². The summed E-state index contributed by atoms with van der Waals surface area (Å²) < 4.78 is 16.1. The highest BCUT2D eigenvalue weighted by atomic mass is 16.6. The van der Waals surface area contributed by atoms with Gasteiger partial charge in [0.1, 0.15) is 18.4 Å². The van der Waals surface area contributed by atoms with E-state index in [1.165, 1.54) is 32.4 Å². The number of nitro benzene ring substituents is 1. The van der Waals surface area contributed by atoms with Gasteiger partial charge >= 0.3 is 0 Å². The van der Waals surface area contributed by atoms with Crippen LogP contribution in [0.25, 0.3) is 0 Å². The molecule has 0 spiro atoms. The summed E-state index contributed by atoms with van der Waals surface area (Å²) in [6.07, 6.45) is 0.921. The Balaban J connectivity index is 1.57. The molecular formula is C21H25N3O7. The number of aliphatic hydroxyl groups excluding tert-OH is 1. The number of nitro groups is 1. The van der Waals surface area contributed by atoms with Crippen molar-refractivity contribution in [1.82, 2.24) is 5.32 Å². The van der Waals surface area contributed by atoms with Crippen LogP contribution in [0.2, 0.25) is 0 Å². The molecule has 10 nitrogen and oxygen atoms in total. The third-order valence-electron chi connectivity index (χ3n) is 4.69. The van der Waals surface area contributed by atoms with Crippen molar-refractivity contribution in [3.05, 3.63) is 52.1 Å². The van der Waals surface area contributed by atoms with Gasteiger partial charge in [-0.15, -0.1) is 0 Å². The molecule has 10 heteroatoms. The van der Waals surface area contributed by atoms with Gasteiger partial charge < -0.3 is 30.0 Å². The van der Waals surface area contributed by atoms with E-state index in [0.717, 1.165) is 12.8 Å². The summed E-state index contributed by atoms with van der Waals surface area (Å²) in [5.41, 5.74) is 0.363. The van der Waals surface area contributed by atoms with Gasteiger partial charge in [0.2, 0.25) is 5.75 Å². The zero-order valence-corrected chi connectivity index (χ0v) is 17.3. The number of amides is 1. The molecule has 1 fully saturated rings. The van der Waals surface area contributed by atoms with Gasteiger partial charge in [-0.05, 0) is 37.1 Å². The van der Waals surface area contributed by atoms with Crippen molar-refractivity contribution in [3.8, 4) is 17.2 Å². The zero-order chi connectivity index (χ0) is 22.4. The molecule has 1 atom stereocenters. The van der Waals surface area contributed by atoms with Crippen molar-refractivity contribution < 1.29 is 29.0 Å². The van der Waals surface area contributed by atoms with Crippen LogP contribution in [0.3, 0.4) is 0 Å². The van der Waals surface area contributed by atoms with Crippen LogP contribution >= 0.6 is 0 Å². The molecule has 1 unspecified atom stereocenters. The molecule has 0 saturated heterocycles. The number of benzene rings is 2. The molecule has 2 aromatic carbocycles. The lowest BCUT2D eigenvalue weighted by Gasteiger charge is -2.17. The Morgan fingerprint density at radius 1 is 1.23 bits per heavy atom. The van der Waals surface area contributed by atoms with Crippen LogP contribution in [0.4, 0.5) is 11.4 Å². The van der Waals surface area contributed by atoms with Crippen molar-refractivity contribution in [3.63, 3.8) is 0 Å². The van der Waals surface area contributed by atoms with Crippen LogP contribution in [-0.4, -0.2) is 55.5 Å². The first-order valence-corrected chi connectivity index (χ1v) is 9.78. The van der Waals surface area contributed by atoms with Crippen LogP contribution in [0, 0.1) is 10.1 Å². The van der Waals surface area contributed by atoms with E-state index in [-0.39, 0.29) is 30.4 Å². The van der Waals surface area contributed by atoms with Gasteiger partial charge in [0, 0.05) is 24.2 Å². The monoisotopic (exact) mass is 431 g/mol. The minimum absolute atomic E-state index is 0.105. The number of methoxy groups -OCH3 is 2. The van der Waals surface area contributed by atoms with Crippen molar-refractivity contribution in [2.24, 2.45) is 0 Å². The van der Waals surface area contributed by atoms with Crippen molar-refractivity contribution in [2.75, 3.05) is 32.7 Å². The summed E-state index contributed by atoms with van der Waals surface area (Å²) in [5, 5.41) is 27.2. The third-order valence-corrected chi connectivity index (χ3v) is 4.69. The van der Waals surface area contributed by atoms with Gasteiger partial charge in [0.05, 0.1) is 19.1 Å². The van der Waals surface area contributed by atoms with Crippen LogP contribution in [-0.2, 0) is 0 Å². The fraction of sp³-hybridized carbons (Fsp3) is 0.381. The number of aliphatic hydroxyl groups is 1. The fourth-order valence-electron chi connectivity index (χ4n) is 2.90. The van der Waals surface area contributed by atoms with E-state index in [0.29, 0.717) is 22.9 Å². The predicted molar refractivity (Wildman–Crippen MR) is 113 cm³/mol. The number of nitrogens with zero attached hydrogens (tertiary/aromatic N) is 1. The summed E-state index contributed by atoms with van der Waals surface area (Å²) in [7, 11) is 2.98. The summed E-state index contributed by atoms with van der Waals surface area (Å²) in [4.78, 5) is 23.2.